The molecule has 4 N–H and O–H groups in total. The fraction of sp³-hybridized carbons (Fsp3) is 0.444. The Labute approximate surface area is 173 Å². The summed E-state index contributed by atoms with van der Waals surface area (Å²) in [4.78, 5) is 24.0. The van der Waals surface area contributed by atoms with Crippen molar-refractivity contribution in [1.29, 1.82) is 0 Å². The molecule has 0 unspecified atom stereocenters. The monoisotopic (exact) mass is 453 g/mol. The molecule has 1 aromatic rings. The maximum atomic E-state index is 13.5. The number of carbonyl (C=O) groups excluding carboxylic acids is 2. The first-order valence-electron chi connectivity index (χ1n) is 8.69. The van der Waals surface area contributed by atoms with Crippen molar-refractivity contribution in [3.05, 3.63) is 39.6 Å². The van der Waals surface area contributed by atoms with Gasteiger partial charge in [-0.1, -0.05) is 34.9 Å². The molecule has 11 heteroatoms. The first-order valence-corrected chi connectivity index (χ1v) is 9.44. The summed E-state index contributed by atoms with van der Waals surface area (Å²) in [7, 11) is 0. The van der Waals surface area contributed by atoms with Gasteiger partial charge in [0.2, 0.25) is 5.91 Å². The summed E-state index contributed by atoms with van der Waals surface area (Å²) in [6.07, 6.45) is -1.51. The second kappa shape index (κ2) is 7.77. The maximum Gasteiger partial charge on any atom is 0.471 e. The van der Waals surface area contributed by atoms with Gasteiger partial charge in [0.25, 0.3) is 0 Å². The van der Waals surface area contributed by atoms with Gasteiger partial charge in [-0.25, -0.2) is 4.39 Å². The smallest absolute Gasteiger partial charge is 0.336 e. The van der Waals surface area contributed by atoms with E-state index in [1.54, 1.807) is 5.32 Å². The van der Waals surface area contributed by atoms with Crippen molar-refractivity contribution in [2.24, 2.45) is 11.7 Å². The van der Waals surface area contributed by atoms with Gasteiger partial charge in [-0.3, -0.25) is 9.59 Å². The highest BCUT2D eigenvalue weighted by atomic mass is 35.5. The third-order valence-electron chi connectivity index (χ3n) is 5.17. The molecule has 5 nitrogen and oxygen atoms in total. The minimum Gasteiger partial charge on any atom is -0.336 e. The highest BCUT2D eigenvalue weighted by Gasteiger charge is 2.46. The number of amides is 2. The lowest BCUT2D eigenvalue weighted by atomic mass is 9.59. The quantitative estimate of drug-likeness (QED) is 0.358. The molecule has 1 fully saturated rings. The number of anilines is 1. The SMILES string of the molecule is NC12CC=C(C[C@@H](NC(=O)C(F)(F)F)C(=O)Nc3cc(Cl)c(F)c(Cl)c3)C(C1)C2. The fourth-order valence-corrected chi connectivity index (χ4v) is 4.13. The minimum absolute atomic E-state index is 0.0140. The molecule has 1 aromatic carbocycles. The summed E-state index contributed by atoms with van der Waals surface area (Å²) in [5.74, 6) is -3.96. The van der Waals surface area contributed by atoms with Crippen LogP contribution in [0.1, 0.15) is 25.7 Å². The molecular weight excluding hydrogens is 437 g/mol. The summed E-state index contributed by atoms with van der Waals surface area (Å²) in [6, 6.07) is 0.638. The number of nitrogens with two attached hydrogens (primary N) is 1. The Morgan fingerprint density at radius 2 is 1.83 bits per heavy atom. The predicted molar refractivity (Wildman–Crippen MR) is 100.0 cm³/mol. The normalized spacial score (nSPS) is 24.2. The zero-order valence-electron chi connectivity index (χ0n) is 14.9. The highest BCUT2D eigenvalue weighted by molar-refractivity contribution is 6.35. The van der Waals surface area contributed by atoms with E-state index in [1.807, 2.05) is 6.08 Å². The highest BCUT2D eigenvalue weighted by Crippen LogP contribution is 2.48. The second-order valence-corrected chi connectivity index (χ2v) is 8.24. The Balaban J connectivity index is 1.78. The van der Waals surface area contributed by atoms with Crippen molar-refractivity contribution in [3.8, 4) is 0 Å². The number of hydrogen-bond acceptors (Lipinski definition) is 3. The van der Waals surface area contributed by atoms with Crippen molar-refractivity contribution in [2.45, 2.75) is 43.4 Å². The van der Waals surface area contributed by atoms with Crippen LogP contribution in [-0.4, -0.2) is 29.6 Å². The van der Waals surface area contributed by atoms with Crippen molar-refractivity contribution in [2.75, 3.05) is 5.32 Å². The predicted octanol–water partition coefficient (Wildman–Crippen LogP) is 3.95. The zero-order valence-corrected chi connectivity index (χ0v) is 16.4. The second-order valence-electron chi connectivity index (χ2n) is 7.42. The standard InChI is InChI=1S/C18H17Cl2F4N3O2/c19-11-4-10(5-12(20)14(11)21)26-15(28)13(27-16(29)18(22,23)24)3-8-1-2-17(25)6-9(8)7-17/h1,4-5,9,13H,2-3,6-7,25H2,(H,26,28)(H,27,29)/t9?,13-,17?/m1/s1. The average molecular weight is 454 g/mol. The van der Waals surface area contributed by atoms with Crippen molar-refractivity contribution >= 4 is 40.7 Å². The summed E-state index contributed by atoms with van der Waals surface area (Å²) in [5.41, 5.74) is 6.55. The van der Waals surface area contributed by atoms with Crippen LogP contribution in [0.5, 0.6) is 0 Å². The van der Waals surface area contributed by atoms with Crippen LogP contribution in [0.4, 0.5) is 23.2 Å². The van der Waals surface area contributed by atoms with Crippen molar-refractivity contribution < 1.29 is 27.2 Å². The number of alkyl halides is 3. The first-order chi connectivity index (χ1) is 13.4. The number of halogens is 6. The lowest BCUT2D eigenvalue weighted by Gasteiger charge is -2.50. The third-order valence-corrected chi connectivity index (χ3v) is 5.72. The molecule has 0 aromatic heterocycles. The van der Waals surface area contributed by atoms with E-state index in [4.69, 9.17) is 28.9 Å². The van der Waals surface area contributed by atoms with Crippen LogP contribution in [0.3, 0.4) is 0 Å². The lowest BCUT2D eigenvalue weighted by Crippen LogP contribution is -2.55. The van der Waals surface area contributed by atoms with Gasteiger partial charge in [-0.05, 0) is 43.7 Å². The van der Waals surface area contributed by atoms with Gasteiger partial charge >= 0.3 is 12.1 Å². The summed E-state index contributed by atoms with van der Waals surface area (Å²) in [6.45, 7) is 0. The van der Waals surface area contributed by atoms with Gasteiger partial charge in [0, 0.05) is 11.2 Å². The van der Waals surface area contributed by atoms with E-state index < -0.39 is 29.8 Å². The van der Waals surface area contributed by atoms with Crippen LogP contribution in [0, 0.1) is 11.7 Å². The largest absolute Gasteiger partial charge is 0.471 e. The molecule has 3 aliphatic carbocycles. The molecule has 2 amide bonds. The molecule has 0 heterocycles. The van der Waals surface area contributed by atoms with Gasteiger partial charge in [0.15, 0.2) is 5.82 Å². The van der Waals surface area contributed by atoms with E-state index >= 15 is 0 Å². The maximum absolute atomic E-state index is 13.5. The van der Waals surface area contributed by atoms with Crippen LogP contribution in [0.2, 0.25) is 10.0 Å². The number of fused-ring (bicyclic) bond motifs is 1. The van der Waals surface area contributed by atoms with Crippen LogP contribution in [0.15, 0.2) is 23.8 Å². The molecule has 0 aliphatic heterocycles. The van der Waals surface area contributed by atoms with Gasteiger partial charge in [0.05, 0.1) is 10.0 Å². The average Bonchev–Trinajstić information content (AvgIpc) is 2.58. The topological polar surface area (TPSA) is 84.2 Å². The van der Waals surface area contributed by atoms with Crippen LogP contribution >= 0.6 is 23.2 Å². The van der Waals surface area contributed by atoms with Crippen LogP contribution < -0.4 is 16.4 Å². The molecular formula is C18H17Cl2F4N3O2. The van der Waals surface area contributed by atoms with Crippen molar-refractivity contribution in [1.82, 2.24) is 5.32 Å². The molecule has 29 heavy (non-hydrogen) atoms. The Kier molecular flexibility index (Phi) is 5.86. The van der Waals surface area contributed by atoms with E-state index in [2.05, 4.69) is 5.32 Å². The lowest BCUT2D eigenvalue weighted by molar-refractivity contribution is -0.174. The molecule has 3 aliphatic rings. The molecule has 0 saturated heterocycles. The Morgan fingerprint density at radius 3 is 2.31 bits per heavy atom. The molecule has 1 saturated carbocycles. The number of hydrogen-bond donors (Lipinski definition) is 3. The number of carbonyl (C=O) groups is 2. The van der Waals surface area contributed by atoms with Gasteiger partial charge < -0.3 is 16.4 Å². The third kappa shape index (κ3) is 4.84. The van der Waals surface area contributed by atoms with Gasteiger partial charge in [-0.15, -0.1) is 0 Å². The van der Waals surface area contributed by atoms with E-state index in [0.29, 0.717) is 19.3 Å². The van der Waals surface area contributed by atoms with Gasteiger partial charge in [-0.2, -0.15) is 13.2 Å². The number of benzene rings is 1. The molecule has 2 bridgehead atoms. The minimum atomic E-state index is -5.15. The first kappa shape index (κ1) is 21.9. The fourth-order valence-electron chi connectivity index (χ4n) is 3.64. The Bertz CT molecular complexity index is 859. The van der Waals surface area contributed by atoms with E-state index in [1.165, 1.54) is 0 Å². The summed E-state index contributed by atoms with van der Waals surface area (Å²) in [5, 5.41) is 3.31. The molecule has 0 spiro atoms. The molecule has 158 valence electrons. The molecule has 4 rings (SSSR count). The number of rotatable bonds is 5. The van der Waals surface area contributed by atoms with Crippen LogP contribution in [-0.2, 0) is 9.59 Å². The summed E-state index contributed by atoms with van der Waals surface area (Å²) >= 11 is 11.3. The molecule has 1 atom stereocenters. The van der Waals surface area contributed by atoms with E-state index in [-0.39, 0.29) is 33.6 Å². The number of nitrogens with one attached hydrogen (secondary N) is 2. The van der Waals surface area contributed by atoms with Gasteiger partial charge in [0.1, 0.15) is 6.04 Å². The Hall–Kier alpha value is -1.84. The van der Waals surface area contributed by atoms with Crippen LogP contribution in [0.25, 0.3) is 0 Å². The van der Waals surface area contributed by atoms with E-state index in [9.17, 15) is 27.2 Å². The molecule has 0 radical (unpaired) electrons. The summed E-state index contributed by atoms with van der Waals surface area (Å²) < 4.78 is 51.7. The van der Waals surface area contributed by atoms with Crippen molar-refractivity contribution in [3.63, 3.8) is 0 Å². The zero-order chi connectivity index (χ0) is 21.6. The Morgan fingerprint density at radius 1 is 1.24 bits per heavy atom. The van der Waals surface area contributed by atoms with E-state index in [0.717, 1.165) is 17.7 Å².